The highest BCUT2D eigenvalue weighted by Crippen LogP contribution is 2.38. The number of unbranched alkanes of at least 4 members (excludes halogenated alkanes) is 1. The summed E-state index contributed by atoms with van der Waals surface area (Å²) in [5, 5.41) is 14.9. The van der Waals surface area contributed by atoms with E-state index in [0.717, 1.165) is 18.5 Å². The van der Waals surface area contributed by atoms with Gasteiger partial charge in [0.2, 0.25) is 0 Å². The maximum Gasteiger partial charge on any atom is 0.318 e. The number of carbonyl (C=O) groups excluding carboxylic acids is 1. The Morgan fingerprint density at radius 3 is 2.59 bits per heavy atom. The molecule has 146 valence electrons. The Kier molecular flexibility index (Phi) is 7.79. The zero-order valence-electron chi connectivity index (χ0n) is 15.7. The molecule has 1 aromatic heterocycles. The molecule has 6 nitrogen and oxygen atoms in total. The number of hydrogen-bond acceptors (Lipinski definition) is 6. The molecule has 0 bridgehead atoms. The first-order valence-corrected chi connectivity index (χ1v) is 10.1. The number of para-hydroxylation sites is 1. The number of rotatable bonds is 11. The lowest BCUT2D eigenvalue weighted by Crippen LogP contribution is -2.38. The summed E-state index contributed by atoms with van der Waals surface area (Å²) in [5.74, 6) is -1.32. The fourth-order valence-electron chi connectivity index (χ4n) is 2.95. The van der Waals surface area contributed by atoms with Crippen molar-refractivity contribution in [1.82, 2.24) is 4.98 Å². The quantitative estimate of drug-likeness (QED) is 0.539. The van der Waals surface area contributed by atoms with Crippen LogP contribution in [0.1, 0.15) is 51.6 Å². The van der Waals surface area contributed by atoms with E-state index >= 15 is 0 Å². The van der Waals surface area contributed by atoms with Crippen molar-refractivity contribution in [2.24, 2.45) is 0 Å². The Bertz CT molecular complexity index is 747. The molecule has 0 saturated heterocycles. The number of ether oxygens (including phenoxy) is 1. The van der Waals surface area contributed by atoms with Crippen LogP contribution in [0.25, 0.3) is 0 Å². The molecule has 0 fully saturated rings. The van der Waals surface area contributed by atoms with Gasteiger partial charge in [0, 0.05) is 17.5 Å². The smallest absolute Gasteiger partial charge is 0.318 e. The van der Waals surface area contributed by atoms with Gasteiger partial charge in [0.1, 0.15) is 5.41 Å². The van der Waals surface area contributed by atoms with Crippen molar-refractivity contribution in [3.8, 4) is 0 Å². The highest BCUT2D eigenvalue weighted by molar-refractivity contribution is 7.13. The average molecular weight is 391 g/mol. The van der Waals surface area contributed by atoms with Crippen molar-refractivity contribution in [1.29, 1.82) is 0 Å². The molecular weight excluding hydrogens is 364 g/mol. The first-order chi connectivity index (χ1) is 13.0. The second-order valence-electron chi connectivity index (χ2n) is 6.33. The summed E-state index contributed by atoms with van der Waals surface area (Å²) in [7, 11) is 0. The molecule has 1 atom stereocenters. The van der Waals surface area contributed by atoms with E-state index in [4.69, 9.17) is 4.74 Å². The van der Waals surface area contributed by atoms with Gasteiger partial charge in [-0.3, -0.25) is 9.59 Å². The van der Waals surface area contributed by atoms with E-state index in [1.165, 1.54) is 11.3 Å². The number of carboxylic acid groups (broad SMARTS) is 1. The van der Waals surface area contributed by atoms with E-state index < -0.39 is 17.4 Å². The second kappa shape index (κ2) is 10.1. The van der Waals surface area contributed by atoms with Crippen LogP contribution in [0.2, 0.25) is 0 Å². The van der Waals surface area contributed by atoms with E-state index in [9.17, 15) is 14.7 Å². The Hall–Kier alpha value is -2.41. The molecule has 0 aliphatic rings. The Labute approximate surface area is 163 Å². The van der Waals surface area contributed by atoms with E-state index in [0.29, 0.717) is 17.2 Å². The van der Waals surface area contributed by atoms with E-state index in [1.807, 2.05) is 42.6 Å². The van der Waals surface area contributed by atoms with Gasteiger partial charge in [-0.25, -0.2) is 4.98 Å². The number of thiazole rings is 1. The number of aliphatic carboxylic acids is 1. The molecular formula is C20H26N2O4S. The van der Waals surface area contributed by atoms with Crippen molar-refractivity contribution in [3.05, 3.63) is 41.4 Å². The zero-order chi connectivity index (χ0) is 19.7. The van der Waals surface area contributed by atoms with Crippen molar-refractivity contribution >= 4 is 34.1 Å². The molecule has 2 aromatic rings. The molecule has 7 heteroatoms. The molecule has 1 aromatic carbocycles. The van der Waals surface area contributed by atoms with Gasteiger partial charge in [-0.15, -0.1) is 11.3 Å². The van der Waals surface area contributed by atoms with Gasteiger partial charge in [-0.2, -0.15) is 0 Å². The summed E-state index contributed by atoms with van der Waals surface area (Å²) in [6.45, 7) is 4.04. The Morgan fingerprint density at radius 1 is 1.22 bits per heavy atom. The van der Waals surface area contributed by atoms with Gasteiger partial charge in [-0.05, 0) is 31.9 Å². The Morgan fingerprint density at radius 2 is 1.96 bits per heavy atom. The standard InChI is InChI=1S/C20H26N2O4S/c1-3-5-12-20(13-11-17(23)24,18(25)26-4-2)16-14-27-19(22-16)21-15-9-7-6-8-10-15/h6-10,14H,3-5,11-13H2,1-2H3,(H,21,22)(H,23,24)/t20-/m0/s1. The maximum atomic E-state index is 12.9. The lowest BCUT2D eigenvalue weighted by Gasteiger charge is -2.29. The number of aromatic nitrogens is 1. The number of carbonyl (C=O) groups is 2. The maximum absolute atomic E-state index is 12.9. The number of nitrogens with zero attached hydrogens (tertiary/aromatic N) is 1. The molecule has 0 radical (unpaired) electrons. The molecule has 0 amide bonds. The highest BCUT2D eigenvalue weighted by atomic mass is 32.1. The minimum absolute atomic E-state index is 0.110. The van der Waals surface area contributed by atoms with Crippen molar-refractivity contribution < 1.29 is 19.4 Å². The third-order valence-corrected chi connectivity index (χ3v) is 5.17. The van der Waals surface area contributed by atoms with E-state index in [2.05, 4.69) is 10.3 Å². The lowest BCUT2D eigenvalue weighted by molar-refractivity contribution is -0.151. The molecule has 27 heavy (non-hydrogen) atoms. The van der Waals surface area contributed by atoms with Crippen LogP contribution in [0.3, 0.4) is 0 Å². The molecule has 0 aliphatic heterocycles. The average Bonchev–Trinajstić information content (AvgIpc) is 3.12. The lowest BCUT2D eigenvalue weighted by atomic mass is 9.76. The van der Waals surface area contributed by atoms with Crippen LogP contribution in [-0.4, -0.2) is 28.6 Å². The normalized spacial score (nSPS) is 13.0. The number of carboxylic acids is 1. The van der Waals surface area contributed by atoms with Crippen molar-refractivity contribution in [3.63, 3.8) is 0 Å². The summed E-state index contributed by atoms with van der Waals surface area (Å²) in [5.41, 5.74) is 0.454. The summed E-state index contributed by atoms with van der Waals surface area (Å²) in [6, 6.07) is 9.64. The minimum Gasteiger partial charge on any atom is -0.481 e. The minimum atomic E-state index is -1.03. The van der Waals surface area contributed by atoms with Gasteiger partial charge in [-0.1, -0.05) is 38.0 Å². The zero-order valence-corrected chi connectivity index (χ0v) is 16.6. The number of hydrogen-bond donors (Lipinski definition) is 2. The fraction of sp³-hybridized carbons (Fsp3) is 0.450. The number of benzene rings is 1. The third-order valence-electron chi connectivity index (χ3n) is 4.41. The van der Waals surface area contributed by atoms with Gasteiger partial charge in [0.25, 0.3) is 0 Å². The van der Waals surface area contributed by atoms with E-state index in [1.54, 1.807) is 6.92 Å². The van der Waals surface area contributed by atoms with Crippen LogP contribution >= 0.6 is 11.3 Å². The number of anilines is 2. The van der Waals surface area contributed by atoms with Crippen LogP contribution in [0.15, 0.2) is 35.7 Å². The van der Waals surface area contributed by atoms with Gasteiger partial charge < -0.3 is 15.2 Å². The molecule has 0 spiro atoms. The molecule has 0 aliphatic carbocycles. The first-order valence-electron chi connectivity index (χ1n) is 9.19. The second-order valence-corrected chi connectivity index (χ2v) is 7.19. The molecule has 2 N–H and O–H groups in total. The topological polar surface area (TPSA) is 88.5 Å². The monoisotopic (exact) mass is 390 g/mol. The summed E-state index contributed by atoms with van der Waals surface area (Å²) in [6.07, 6.45) is 2.27. The fourth-order valence-corrected chi connectivity index (χ4v) is 3.78. The summed E-state index contributed by atoms with van der Waals surface area (Å²) in [4.78, 5) is 28.7. The van der Waals surface area contributed by atoms with Crippen molar-refractivity contribution in [2.45, 2.75) is 51.4 Å². The molecule has 0 saturated carbocycles. The SMILES string of the molecule is CCCC[C@@](CCC(=O)O)(C(=O)OCC)c1csc(Nc2ccccc2)n1. The van der Waals surface area contributed by atoms with Crippen LogP contribution in [0.5, 0.6) is 0 Å². The predicted molar refractivity (Wildman–Crippen MR) is 107 cm³/mol. The first kappa shape index (κ1) is 20.9. The van der Waals surface area contributed by atoms with Gasteiger partial charge >= 0.3 is 11.9 Å². The molecule has 0 unspecified atom stereocenters. The van der Waals surface area contributed by atoms with E-state index in [-0.39, 0.29) is 19.4 Å². The van der Waals surface area contributed by atoms with Gasteiger partial charge in [0.05, 0.1) is 12.3 Å². The Balaban J connectivity index is 2.35. The number of esters is 1. The largest absolute Gasteiger partial charge is 0.481 e. The van der Waals surface area contributed by atoms with Crippen molar-refractivity contribution in [2.75, 3.05) is 11.9 Å². The summed E-state index contributed by atoms with van der Waals surface area (Å²) >= 11 is 1.40. The predicted octanol–water partition coefficient (Wildman–Crippen LogP) is 4.74. The third kappa shape index (κ3) is 5.53. The highest BCUT2D eigenvalue weighted by Gasteiger charge is 2.43. The van der Waals surface area contributed by atoms with Crippen LogP contribution < -0.4 is 5.32 Å². The summed E-state index contributed by atoms with van der Waals surface area (Å²) < 4.78 is 5.33. The van der Waals surface area contributed by atoms with Crippen LogP contribution in [0.4, 0.5) is 10.8 Å². The van der Waals surface area contributed by atoms with Crippen LogP contribution in [-0.2, 0) is 19.7 Å². The number of nitrogens with one attached hydrogen (secondary N) is 1. The molecule has 1 heterocycles. The van der Waals surface area contributed by atoms with Crippen LogP contribution in [0, 0.1) is 0 Å². The van der Waals surface area contributed by atoms with Gasteiger partial charge in [0.15, 0.2) is 5.13 Å². The molecule has 2 rings (SSSR count).